The molecule has 1 aliphatic heterocycles. The van der Waals surface area contributed by atoms with Crippen molar-refractivity contribution in [3.8, 4) is 5.75 Å². The highest BCUT2D eigenvalue weighted by Crippen LogP contribution is 2.22. The minimum atomic E-state index is 0.758. The smallest absolute Gasteiger partial charge is 0.119 e. The minimum absolute atomic E-state index is 0.758. The zero-order valence-electron chi connectivity index (χ0n) is 14.9. The zero-order valence-corrected chi connectivity index (χ0v) is 15.7. The Kier molecular flexibility index (Phi) is 5.87. The number of benzene rings is 1. The van der Waals surface area contributed by atoms with Gasteiger partial charge in [-0.2, -0.15) is 0 Å². The number of methoxy groups -OCH3 is 1. The minimum Gasteiger partial charge on any atom is -0.497 e. The van der Waals surface area contributed by atoms with Crippen molar-refractivity contribution in [1.29, 1.82) is 0 Å². The molecule has 24 heavy (non-hydrogen) atoms. The summed E-state index contributed by atoms with van der Waals surface area (Å²) in [5.41, 5.74) is 4.46. The first kappa shape index (κ1) is 17.4. The van der Waals surface area contributed by atoms with Crippen molar-refractivity contribution >= 4 is 11.3 Å². The second-order valence-electron chi connectivity index (χ2n) is 6.80. The van der Waals surface area contributed by atoms with Gasteiger partial charge in [-0.05, 0) is 50.6 Å². The average molecular weight is 346 g/mol. The Hall–Kier alpha value is -1.43. The second-order valence-corrected chi connectivity index (χ2v) is 7.74. The molecule has 1 atom stereocenters. The monoisotopic (exact) mass is 345 g/mol. The van der Waals surface area contributed by atoms with Crippen LogP contribution < -0.4 is 4.74 Å². The van der Waals surface area contributed by atoms with E-state index in [0.717, 1.165) is 31.3 Å². The number of aromatic nitrogens is 1. The van der Waals surface area contributed by atoms with Crippen LogP contribution in [0.4, 0.5) is 0 Å². The summed E-state index contributed by atoms with van der Waals surface area (Å²) in [6, 6.07) is 8.42. The molecule has 3 rings (SSSR count). The molecule has 0 radical (unpaired) electrons. The molecule has 4 nitrogen and oxygen atoms in total. The van der Waals surface area contributed by atoms with Gasteiger partial charge in [0.15, 0.2) is 0 Å². The molecule has 1 saturated heterocycles. The first-order valence-electron chi connectivity index (χ1n) is 8.57. The summed E-state index contributed by atoms with van der Waals surface area (Å²) in [4.78, 5) is 10.7. The van der Waals surface area contributed by atoms with Crippen LogP contribution in [0.15, 0.2) is 29.8 Å². The number of rotatable bonds is 7. The van der Waals surface area contributed by atoms with Crippen LogP contribution in [0.5, 0.6) is 5.75 Å². The fraction of sp³-hybridized carbons (Fsp3) is 0.526. The third-order valence-electron chi connectivity index (χ3n) is 4.74. The molecule has 1 aliphatic rings. The standard InChI is InChI=1S/C19H27N3OS/c1-15-19(24-14-20-15)13-21(2)10-17-7-8-22(12-17)11-16-5-4-6-18(9-16)23-3/h4-6,9,14,17H,7-8,10-13H2,1-3H3/t17-/m0/s1. The SMILES string of the molecule is COc1cccc(CN2CC[C@@H](CN(C)Cc3scnc3C)C2)c1. The molecule has 130 valence electrons. The number of likely N-dealkylation sites (tertiary alicyclic amines) is 1. The van der Waals surface area contributed by atoms with Gasteiger partial charge in [0, 0.05) is 31.1 Å². The number of ether oxygens (including phenoxy) is 1. The van der Waals surface area contributed by atoms with E-state index in [0.29, 0.717) is 0 Å². The molecular formula is C19H27N3OS. The topological polar surface area (TPSA) is 28.6 Å². The Labute approximate surface area is 149 Å². The quantitative estimate of drug-likeness (QED) is 0.769. The van der Waals surface area contributed by atoms with Crippen molar-refractivity contribution in [2.75, 3.05) is 33.8 Å². The fourth-order valence-corrected chi connectivity index (χ4v) is 4.32. The Morgan fingerprint density at radius 3 is 3.04 bits per heavy atom. The molecule has 0 bridgehead atoms. The van der Waals surface area contributed by atoms with Crippen molar-refractivity contribution in [1.82, 2.24) is 14.8 Å². The zero-order chi connectivity index (χ0) is 16.9. The molecule has 1 fully saturated rings. The maximum Gasteiger partial charge on any atom is 0.119 e. The summed E-state index contributed by atoms with van der Waals surface area (Å²) >= 11 is 1.77. The molecule has 0 aliphatic carbocycles. The van der Waals surface area contributed by atoms with E-state index in [1.807, 2.05) is 11.6 Å². The average Bonchev–Trinajstić information content (AvgIpc) is 3.17. The summed E-state index contributed by atoms with van der Waals surface area (Å²) in [6.07, 6.45) is 1.29. The summed E-state index contributed by atoms with van der Waals surface area (Å²) in [5, 5.41) is 0. The van der Waals surface area contributed by atoms with Gasteiger partial charge >= 0.3 is 0 Å². The van der Waals surface area contributed by atoms with Crippen molar-refractivity contribution in [3.63, 3.8) is 0 Å². The van der Waals surface area contributed by atoms with E-state index in [-0.39, 0.29) is 0 Å². The number of hydrogen-bond donors (Lipinski definition) is 0. The fourth-order valence-electron chi connectivity index (χ4n) is 3.46. The molecule has 1 aromatic carbocycles. The normalized spacial score (nSPS) is 18.4. The Morgan fingerprint density at radius 1 is 1.42 bits per heavy atom. The van der Waals surface area contributed by atoms with E-state index in [2.05, 4.69) is 47.0 Å². The Morgan fingerprint density at radius 2 is 2.29 bits per heavy atom. The highest BCUT2D eigenvalue weighted by molar-refractivity contribution is 7.09. The van der Waals surface area contributed by atoms with Crippen LogP contribution in [0.3, 0.4) is 0 Å². The summed E-state index contributed by atoms with van der Waals surface area (Å²) < 4.78 is 5.32. The van der Waals surface area contributed by atoms with Gasteiger partial charge in [-0.3, -0.25) is 4.90 Å². The van der Waals surface area contributed by atoms with E-state index in [4.69, 9.17) is 4.74 Å². The van der Waals surface area contributed by atoms with E-state index < -0.39 is 0 Å². The lowest BCUT2D eigenvalue weighted by molar-refractivity contribution is 0.255. The molecule has 1 aromatic heterocycles. The van der Waals surface area contributed by atoms with Gasteiger partial charge in [0.25, 0.3) is 0 Å². The molecule has 0 saturated carbocycles. The Balaban J connectivity index is 1.47. The Bertz CT molecular complexity index is 658. The maximum atomic E-state index is 5.32. The first-order valence-corrected chi connectivity index (χ1v) is 9.45. The molecule has 2 aromatic rings. The lowest BCUT2D eigenvalue weighted by Crippen LogP contribution is -2.28. The largest absolute Gasteiger partial charge is 0.497 e. The van der Waals surface area contributed by atoms with Crippen LogP contribution in [0.2, 0.25) is 0 Å². The van der Waals surface area contributed by atoms with Gasteiger partial charge in [0.2, 0.25) is 0 Å². The van der Waals surface area contributed by atoms with Crippen LogP contribution >= 0.6 is 11.3 Å². The number of thiazole rings is 1. The lowest BCUT2D eigenvalue weighted by atomic mass is 10.1. The van der Waals surface area contributed by atoms with Gasteiger partial charge in [0.05, 0.1) is 18.3 Å². The van der Waals surface area contributed by atoms with Gasteiger partial charge in [-0.25, -0.2) is 4.98 Å². The molecule has 0 amide bonds. The van der Waals surface area contributed by atoms with Crippen molar-refractivity contribution < 1.29 is 4.74 Å². The summed E-state index contributed by atoms with van der Waals surface area (Å²) in [7, 11) is 3.95. The van der Waals surface area contributed by atoms with Gasteiger partial charge in [-0.1, -0.05) is 12.1 Å². The third-order valence-corrected chi connectivity index (χ3v) is 5.66. The van der Waals surface area contributed by atoms with Gasteiger partial charge in [0.1, 0.15) is 5.75 Å². The third kappa shape index (κ3) is 4.56. The number of aryl methyl sites for hydroxylation is 1. The predicted molar refractivity (Wildman–Crippen MR) is 99.6 cm³/mol. The number of hydrogen-bond acceptors (Lipinski definition) is 5. The lowest BCUT2D eigenvalue weighted by Gasteiger charge is -2.21. The van der Waals surface area contributed by atoms with Crippen LogP contribution in [0.1, 0.15) is 22.6 Å². The van der Waals surface area contributed by atoms with Crippen LogP contribution in [-0.4, -0.2) is 48.6 Å². The first-order chi connectivity index (χ1) is 11.6. The van der Waals surface area contributed by atoms with Crippen LogP contribution in [-0.2, 0) is 13.1 Å². The highest BCUT2D eigenvalue weighted by Gasteiger charge is 2.23. The molecule has 2 heterocycles. The van der Waals surface area contributed by atoms with E-state index in [1.54, 1.807) is 18.4 Å². The van der Waals surface area contributed by atoms with Gasteiger partial charge in [-0.15, -0.1) is 11.3 Å². The summed E-state index contributed by atoms with van der Waals surface area (Å²) in [6.45, 7) is 7.67. The van der Waals surface area contributed by atoms with Crippen molar-refractivity contribution in [2.24, 2.45) is 5.92 Å². The van der Waals surface area contributed by atoms with Crippen molar-refractivity contribution in [3.05, 3.63) is 45.9 Å². The second kappa shape index (κ2) is 8.10. The molecule has 5 heteroatoms. The van der Waals surface area contributed by atoms with Crippen molar-refractivity contribution in [2.45, 2.75) is 26.4 Å². The van der Waals surface area contributed by atoms with E-state index in [1.165, 1.54) is 35.6 Å². The number of nitrogens with zero attached hydrogens (tertiary/aromatic N) is 3. The van der Waals surface area contributed by atoms with Crippen LogP contribution in [0.25, 0.3) is 0 Å². The molecular weight excluding hydrogens is 318 g/mol. The molecule has 0 N–H and O–H groups in total. The highest BCUT2D eigenvalue weighted by atomic mass is 32.1. The maximum absolute atomic E-state index is 5.32. The molecule has 0 spiro atoms. The van der Waals surface area contributed by atoms with Gasteiger partial charge < -0.3 is 9.64 Å². The molecule has 0 unspecified atom stereocenters. The van der Waals surface area contributed by atoms with E-state index >= 15 is 0 Å². The predicted octanol–water partition coefficient (Wildman–Crippen LogP) is 3.41. The van der Waals surface area contributed by atoms with Crippen LogP contribution in [0, 0.1) is 12.8 Å². The van der Waals surface area contributed by atoms with E-state index in [9.17, 15) is 0 Å². The summed E-state index contributed by atoms with van der Waals surface area (Å²) in [5.74, 6) is 1.71.